The number of carbonyl (C=O) groups is 2. The first-order valence-corrected chi connectivity index (χ1v) is 9.35. The summed E-state index contributed by atoms with van der Waals surface area (Å²) in [5.74, 6) is -0.876. The lowest BCUT2D eigenvalue weighted by Gasteiger charge is -2.32. The third kappa shape index (κ3) is 3.67. The minimum Gasteiger partial charge on any atom is -0.478 e. The summed E-state index contributed by atoms with van der Waals surface area (Å²) < 4.78 is 0. The third-order valence-corrected chi connectivity index (χ3v) is 5.19. The number of nitrogens with zero attached hydrogens (tertiary/aromatic N) is 2. The molecule has 0 spiro atoms. The predicted molar refractivity (Wildman–Crippen MR) is 105 cm³/mol. The number of carboxylic acid groups (broad SMARTS) is 1. The Morgan fingerprint density at radius 3 is 2.68 bits per heavy atom. The molecule has 28 heavy (non-hydrogen) atoms. The molecule has 2 aromatic carbocycles. The molecule has 0 saturated carbocycles. The maximum absolute atomic E-state index is 13.0. The summed E-state index contributed by atoms with van der Waals surface area (Å²) in [6.45, 7) is 1.26. The van der Waals surface area contributed by atoms with Gasteiger partial charge in [0.25, 0.3) is 5.91 Å². The number of likely N-dealkylation sites (tertiary alicyclic amines) is 1. The van der Waals surface area contributed by atoms with Crippen LogP contribution in [0.1, 0.15) is 45.2 Å². The Kier molecular flexibility index (Phi) is 4.93. The van der Waals surface area contributed by atoms with Gasteiger partial charge in [0.15, 0.2) is 0 Å². The van der Waals surface area contributed by atoms with Crippen LogP contribution in [0.4, 0.5) is 0 Å². The van der Waals surface area contributed by atoms with Gasteiger partial charge in [-0.1, -0.05) is 42.5 Å². The highest BCUT2D eigenvalue weighted by Gasteiger charge is 2.27. The van der Waals surface area contributed by atoms with Crippen molar-refractivity contribution in [2.24, 2.45) is 0 Å². The zero-order valence-corrected chi connectivity index (χ0v) is 15.3. The number of rotatable bonds is 4. The molecule has 0 radical (unpaired) electrons. The van der Waals surface area contributed by atoms with Gasteiger partial charge in [0.05, 0.1) is 11.3 Å². The molecular formula is C22H21N3O3. The zero-order chi connectivity index (χ0) is 19.5. The van der Waals surface area contributed by atoms with Crippen LogP contribution in [0, 0.1) is 0 Å². The molecule has 6 heteroatoms. The molecule has 1 aromatic heterocycles. The topological polar surface area (TPSA) is 86.3 Å². The number of piperidine rings is 1. The Morgan fingerprint density at radius 2 is 1.89 bits per heavy atom. The standard InChI is InChI=1S/C22H21N3O3/c26-21(20-13-19(23-24-20)15-6-2-1-3-7-15)25-11-5-10-18(14-25)16-8-4-9-17(12-16)22(27)28/h1-4,6-9,12-13,18H,5,10-11,14H2,(H,23,24)(H,27,28)/t18-/m1/s1. The van der Waals surface area contributed by atoms with E-state index in [1.165, 1.54) is 0 Å². The van der Waals surface area contributed by atoms with E-state index in [0.717, 1.165) is 29.7 Å². The van der Waals surface area contributed by atoms with Crippen molar-refractivity contribution in [3.8, 4) is 11.3 Å². The molecule has 0 unspecified atom stereocenters. The van der Waals surface area contributed by atoms with Gasteiger partial charge in [0.2, 0.25) is 0 Å². The molecule has 0 bridgehead atoms. The average Bonchev–Trinajstić information content (AvgIpc) is 3.24. The molecule has 2 heterocycles. The molecule has 2 N–H and O–H groups in total. The minimum atomic E-state index is -0.934. The summed E-state index contributed by atoms with van der Waals surface area (Å²) >= 11 is 0. The number of carbonyl (C=O) groups excluding carboxylic acids is 1. The SMILES string of the molecule is O=C(O)c1cccc([C@@H]2CCCN(C(=O)c3cc(-c4ccccc4)n[nH]3)C2)c1. The molecule has 4 rings (SSSR count). The first-order valence-electron chi connectivity index (χ1n) is 9.35. The Morgan fingerprint density at radius 1 is 1.07 bits per heavy atom. The van der Waals surface area contributed by atoms with Gasteiger partial charge < -0.3 is 10.0 Å². The molecule has 1 aliphatic heterocycles. The van der Waals surface area contributed by atoms with Crippen LogP contribution in [0.5, 0.6) is 0 Å². The second-order valence-corrected chi connectivity index (χ2v) is 7.05. The summed E-state index contributed by atoms with van der Waals surface area (Å²) in [4.78, 5) is 26.0. The van der Waals surface area contributed by atoms with Crippen LogP contribution >= 0.6 is 0 Å². The van der Waals surface area contributed by atoms with E-state index in [0.29, 0.717) is 18.8 Å². The maximum Gasteiger partial charge on any atom is 0.335 e. The fourth-order valence-corrected chi connectivity index (χ4v) is 3.72. The lowest BCUT2D eigenvalue weighted by atomic mass is 9.89. The van der Waals surface area contributed by atoms with Crippen LogP contribution in [0.15, 0.2) is 60.7 Å². The fraction of sp³-hybridized carbons (Fsp3) is 0.227. The normalized spacial score (nSPS) is 16.7. The second kappa shape index (κ2) is 7.68. The monoisotopic (exact) mass is 375 g/mol. The summed E-state index contributed by atoms with van der Waals surface area (Å²) in [5, 5.41) is 16.4. The number of H-pyrrole nitrogens is 1. The van der Waals surface area contributed by atoms with E-state index < -0.39 is 5.97 Å². The smallest absolute Gasteiger partial charge is 0.335 e. The van der Waals surface area contributed by atoms with Crippen LogP contribution < -0.4 is 0 Å². The van der Waals surface area contributed by atoms with Crippen molar-refractivity contribution >= 4 is 11.9 Å². The number of aromatic amines is 1. The molecule has 3 aromatic rings. The van der Waals surface area contributed by atoms with Crippen LogP contribution in [-0.4, -0.2) is 45.2 Å². The van der Waals surface area contributed by atoms with Crippen molar-refractivity contribution in [3.05, 3.63) is 77.5 Å². The van der Waals surface area contributed by atoms with Crippen molar-refractivity contribution in [1.29, 1.82) is 0 Å². The Balaban J connectivity index is 1.50. The van der Waals surface area contributed by atoms with Crippen LogP contribution in [0.3, 0.4) is 0 Å². The van der Waals surface area contributed by atoms with E-state index in [2.05, 4.69) is 10.2 Å². The maximum atomic E-state index is 13.0. The van der Waals surface area contributed by atoms with Crippen molar-refractivity contribution in [1.82, 2.24) is 15.1 Å². The number of hydrogen-bond acceptors (Lipinski definition) is 3. The molecular weight excluding hydrogens is 354 g/mol. The highest BCUT2D eigenvalue weighted by molar-refractivity contribution is 5.93. The van der Waals surface area contributed by atoms with E-state index in [9.17, 15) is 14.7 Å². The van der Waals surface area contributed by atoms with Crippen molar-refractivity contribution < 1.29 is 14.7 Å². The molecule has 1 fully saturated rings. The third-order valence-electron chi connectivity index (χ3n) is 5.19. The number of amides is 1. The minimum absolute atomic E-state index is 0.0752. The van der Waals surface area contributed by atoms with E-state index in [1.807, 2.05) is 41.3 Å². The molecule has 1 amide bonds. The van der Waals surface area contributed by atoms with Gasteiger partial charge >= 0.3 is 5.97 Å². The summed E-state index contributed by atoms with van der Waals surface area (Å²) in [6, 6.07) is 18.5. The lowest BCUT2D eigenvalue weighted by Crippen LogP contribution is -2.39. The van der Waals surface area contributed by atoms with Gasteiger partial charge in [0.1, 0.15) is 5.69 Å². The van der Waals surface area contributed by atoms with Crippen molar-refractivity contribution in [2.45, 2.75) is 18.8 Å². The highest BCUT2D eigenvalue weighted by atomic mass is 16.4. The average molecular weight is 375 g/mol. The van der Waals surface area contributed by atoms with Crippen LogP contribution in [0.25, 0.3) is 11.3 Å². The number of hydrogen-bond donors (Lipinski definition) is 2. The Bertz CT molecular complexity index is 997. The Hall–Kier alpha value is -3.41. The first-order chi connectivity index (χ1) is 13.6. The van der Waals surface area contributed by atoms with Gasteiger partial charge in [0, 0.05) is 24.6 Å². The summed E-state index contributed by atoms with van der Waals surface area (Å²) in [7, 11) is 0. The fourth-order valence-electron chi connectivity index (χ4n) is 3.72. The molecule has 0 aliphatic carbocycles. The largest absolute Gasteiger partial charge is 0.478 e. The van der Waals surface area contributed by atoms with Gasteiger partial charge in [-0.3, -0.25) is 9.89 Å². The number of carboxylic acids is 1. The zero-order valence-electron chi connectivity index (χ0n) is 15.3. The summed E-state index contributed by atoms with van der Waals surface area (Å²) in [6.07, 6.45) is 1.82. The number of aromatic nitrogens is 2. The van der Waals surface area contributed by atoms with Gasteiger partial charge in [-0.25, -0.2) is 4.79 Å². The quantitative estimate of drug-likeness (QED) is 0.726. The number of aromatic carboxylic acids is 1. The lowest BCUT2D eigenvalue weighted by molar-refractivity contribution is 0.0685. The molecule has 1 atom stereocenters. The van der Waals surface area contributed by atoms with E-state index in [-0.39, 0.29) is 17.4 Å². The van der Waals surface area contributed by atoms with Crippen LogP contribution in [0.2, 0.25) is 0 Å². The van der Waals surface area contributed by atoms with E-state index in [1.54, 1.807) is 24.3 Å². The first kappa shape index (κ1) is 18.0. The number of benzene rings is 2. The van der Waals surface area contributed by atoms with Gasteiger partial charge in [-0.15, -0.1) is 0 Å². The van der Waals surface area contributed by atoms with E-state index in [4.69, 9.17) is 0 Å². The molecule has 1 saturated heterocycles. The highest BCUT2D eigenvalue weighted by Crippen LogP contribution is 2.28. The summed E-state index contributed by atoms with van der Waals surface area (Å²) in [5.41, 5.74) is 3.42. The van der Waals surface area contributed by atoms with Gasteiger partial charge in [-0.2, -0.15) is 5.10 Å². The van der Waals surface area contributed by atoms with E-state index >= 15 is 0 Å². The van der Waals surface area contributed by atoms with Crippen LogP contribution in [-0.2, 0) is 0 Å². The Labute approximate surface area is 162 Å². The van der Waals surface area contributed by atoms with Gasteiger partial charge in [-0.05, 0) is 36.6 Å². The van der Waals surface area contributed by atoms with Crippen molar-refractivity contribution in [3.63, 3.8) is 0 Å². The molecule has 142 valence electrons. The van der Waals surface area contributed by atoms with Crippen molar-refractivity contribution in [2.75, 3.05) is 13.1 Å². The molecule has 1 aliphatic rings. The molecule has 6 nitrogen and oxygen atoms in total. The second-order valence-electron chi connectivity index (χ2n) is 7.05. The number of nitrogens with one attached hydrogen (secondary N) is 1. The predicted octanol–water partition coefficient (Wildman–Crippen LogP) is 3.79.